The Labute approximate surface area is 204 Å². The summed E-state index contributed by atoms with van der Waals surface area (Å²) >= 11 is 0. The van der Waals surface area contributed by atoms with Crippen molar-refractivity contribution in [2.75, 3.05) is 25.6 Å². The first-order valence-corrected chi connectivity index (χ1v) is 11.3. The van der Waals surface area contributed by atoms with Crippen LogP contribution in [0.15, 0.2) is 60.9 Å². The minimum atomic E-state index is -0.551. The maximum atomic E-state index is 13.6. The van der Waals surface area contributed by atoms with Crippen LogP contribution in [0.4, 0.5) is 10.1 Å². The molecule has 0 aliphatic heterocycles. The average molecular weight is 483 g/mol. The third-order valence-electron chi connectivity index (χ3n) is 5.53. The second kappa shape index (κ2) is 11.5. The largest absolute Gasteiger partial charge is 0.491 e. The monoisotopic (exact) mass is 482 g/mol. The number of hydrogen-bond donors (Lipinski definition) is 1. The quantitative estimate of drug-likeness (QED) is 0.446. The van der Waals surface area contributed by atoms with Gasteiger partial charge in [-0.15, -0.1) is 0 Å². The molecule has 1 heterocycles. The predicted molar refractivity (Wildman–Crippen MR) is 131 cm³/mol. The molecule has 3 aromatic rings. The lowest BCUT2D eigenvalue weighted by Crippen LogP contribution is -2.50. The van der Waals surface area contributed by atoms with Gasteiger partial charge in [-0.05, 0) is 45.0 Å². The Balaban J connectivity index is 1.45. The first kappa shape index (κ1) is 25.7. The van der Waals surface area contributed by atoms with Gasteiger partial charge in [0.1, 0.15) is 18.9 Å². The summed E-state index contributed by atoms with van der Waals surface area (Å²) in [7, 11) is 1.72. The minimum Gasteiger partial charge on any atom is -0.491 e. The van der Waals surface area contributed by atoms with Crippen LogP contribution in [-0.2, 0) is 16.1 Å². The van der Waals surface area contributed by atoms with Crippen molar-refractivity contribution in [1.29, 1.82) is 0 Å². The Morgan fingerprint density at radius 3 is 2.54 bits per heavy atom. The van der Waals surface area contributed by atoms with Crippen molar-refractivity contribution in [2.24, 2.45) is 0 Å². The number of aryl methyl sites for hydroxylation is 1. The molecule has 0 saturated carbocycles. The molecule has 8 nitrogen and oxygen atoms in total. The summed E-state index contributed by atoms with van der Waals surface area (Å²) in [4.78, 5) is 26.6. The first-order valence-electron chi connectivity index (χ1n) is 11.3. The van der Waals surface area contributed by atoms with Gasteiger partial charge in [0.25, 0.3) is 0 Å². The molecule has 0 radical (unpaired) electrons. The second-order valence-corrected chi connectivity index (χ2v) is 8.87. The summed E-state index contributed by atoms with van der Waals surface area (Å²) < 4.78 is 26.2. The zero-order chi connectivity index (χ0) is 25.4. The Hall–Kier alpha value is -3.88. The van der Waals surface area contributed by atoms with Crippen LogP contribution < -0.4 is 14.8 Å². The molecule has 3 rings (SSSR count). The highest BCUT2D eigenvalue weighted by Crippen LogP contribution is 2.19. The molecule has 9 heteroatoms. The fourth-order valence-corrected chi connectivity index (χ4v) is 3.13. The lowest BCUT2D eigenvalue weighted by molar-refractivity contribution is -0.136. The van der Waals surface area contributed by atoms with Crippen LogP contribution in [-0.4, -0.2) is 52.3 Å². The topological polar surface area (TPSA) is 85.7 Å². The smallest absolute Gasteiger partial charge is 0.244 e. The maximum absolute atomic E-state index is 13.6. The van der Waals surface area contributed by atoms with E-state index in [2.05, 4.69) is 10.4 Å². The number of anilines is 1. The molecule has 0 atom stereocenters. The number of para-hydroxylation sites is 1. The molecule has 0 aliphatic carbocycles. The van der Waals surface area contributed by atoms with E-state index in [9.17, 15) is 14.0 Å². The number of benzene rings is 2. The van der Waals surface area contributed by atoms with E-state index in [4.69, 9.17) is 9.47 Å². The van der Waals surface area contributed by atoms with Crippen molar-refractivity contribution in [3.8, 4) is 11.5 Å². The standard InChI is InChI=1S/C26H31FN4O4/c1-19-9-11-21(12-10-19)35-18-26(2,3)30(4)25(33)17-31-16-20(15-28-31)29-24(32)13-14-34-23-8-6-5-7-22(23)27/h5-12,15-16H,13-14,17-18H2,1-4H3,(H,29,32). The van der Waals surface area contributed by atoms with E-state index in [0.717, 1.165) is 11.3 Å². The molecule has 0 fully saturated rings. The number of likely N-dealkylation sites (N-methyl/N-ethyl adjacent to an activating group) is 1. The van der Waals surface area contributed by atoms with E-state index in [1.807, 2.05) is 45.0 Å². The molecule has 0 saturated heterocycles. The molecule has 2 amide bonds. The van der Waals surface area contributed by atoms with Crippen molar-refractivity contribution >= 4 is 17.5 Å². The Bertz CT molecular complexity index is 1140. The number of carbonyl (C=O) groups excluding carboxylic acids is 2. The Morgan fingerprint density at radius 1 is 1.11 bits per heavy atom. The summed E-state index contributed by atoms with van der Waals surface area (Å²) in [6.07, 6.45) is 3.09. The van der Waals surface area contributed by atoms with E-state index in [0.29, 0.717) is 12.3 Å². The number of rotatable bonds is 11. The van der Waals surface area contributed by atoms with Gasteiger partial charge in [0, 0.05) is 13.2 Å². The average Bonchev–Trinajstić information content (AvgIpc) is 3.25. The highest BCUT2D eigenvalue weighted by Gasteiger charge is 2.29. The van der Waals surface area contributed by atoms with Gasteiger partial charge in [-0.1, -0.05) is 29.8 Å². The number of nitrogens with zero attached hydrogens (tertiary/aromatic N) is 3. The van der Waals surface area contributed by atoms with Crippen molar-refractivity contribution < 1.29 is 23.5 Å². The number of carbonyl (C=O) groups is 2. The molecular weight excluding hydrogens is 451 g/mol. The van der Waals surface area contributed by atoms with E-state index < -0.39 is 11.4 Å². The number of aromatic nitrogens is 2. The van der Waals surface area contributed by atoms with Crippen LogP contribution in [0.3, 0.4) is 0 Å². The lowest BCUT2D eigenvalue weighted by atomic mass is 10.0. The Morgan fingerprint density at radius 2 is 1.83 bits per heavy atom. The fraction of sp³-hybridized carbons (Fsp3) is 0.346. The SMILES string of the molecule is Cc1ccc(OCC(C)(C)N(C)C(=O)Cn2cc(NC(=O)CCOc3ccccc3F)cn2)cc1. The van der Waals surface area contributed by atoms with Crippen LogP contribution in [0.2, 0.25) is 0 Å². The number of ether oxygens (including phenoxy) is 2. The van der Waals surface area contributed by atoms with Crippen LogP contribution in [0.25, 0.3) is 0 Å². The molecule has 0 unspecified atom stereocenters. The molecule has 2 aromatic carbocycles. The van der Waals surface area contributed by atoms with Gasteiger partial charge < -0.3 is 19.7 Å². The highest BCUT2D eigenvalue weighted by atomic mass is 19.1. The minimum absolute atomic E-state index is 0.0106. The molecule has 1 aromatic heterocycles. The van der Waals surface area contributed by atoms with Gasteiger partial charge >= 0.3 is 0 Å². The van der Waals surface area contributed by atoms with Crippen molar-refractivity contribution in [1.82, 2.24) is 14.7 Å². The normalized spacial score (nSPS) is 11.1. The maximum Gasteiger partial charge on any atom is 0.244 e. The molecule has 1 N–H and O–H groups in total. The first-order chi connectivity index (χ1) is 16.6. The third kappa shape index (κ3) is 7.56. The van der Waals surface area contributed by atoms with Crippen LogP contribution in [0.1, 0.15) is 25.8 Å². The summed E-state index contributed by atoms with van der Waals surface area (Å²) in [5, 5.41) is 6.85. The zero-order valence-corrected chi connectivity index (χ0v) is 20.5. The van der Waals surface area contributed by atoms with E-state index in [1.54, 1.807) is 30.3 Å². The van der Waals surface area contributed by atoms with Crippen LogP contribution in [0.5, 0.6) is 11.5 Å². The molecule has 186 valence electrons. The summed E-state index contributed by atoms with van der Waals surface area (Å²) in [5.74, 6) is -0.0894. The van der Waals surface area contributed by atoms with Gasteiger partial charge in [-0.25, -0.2) is 4.39 Å². The van der Waals surface area contributed by atoms with Gasteiger partial charge in [-0.2, -0.15) is 5.10 Å². The fourth-order valence-electron chi connectivity index (χ4n) is 3.13. The van der Waals surface area contributed by atoms with E-state index in [1.165, 1.54) is 23.0 Å². The molecule has 0 bridgehead atoms. The van der Waals surface area contributed by atoms with Gasteiger partial charge in [-0.3, -0.25) is 14.3 Å². The van der Waals surface area contributed by atoms with Crippen molar-refractivity contribution in [3.63, 3.8) is 0 Å². The third-order valence-corrected chi connectivity index (χ3v) is 5.53. The predicted octanol–water partition coefficient (Wildman–Crippen LogP) is 4.05. The molecule has 35 heavy (non-hydrogen) atoms. The molecule has 0 aliphatic rings. The van der Waals surface area contributed by atoms with Crippen LogP contribution >= 0.6 is 0 Å². The van der Waals surface area contributed by atoms with Gasteiger partial charge in [0.15, 0.2) is 11.6 Å². The lowest BCUT2D eigenvalue weighted by Gasteiger charge is -2.35. The highest BCUT2D eigenvalue weighted by molar-refractivity contribution is 5.90. The Kier molecular flexibility index (Phi) is 8.46. The van der Waals surface area contributed by atoms with Gasteiger partial charge in [0.2, 0.25) is 11.8 Å². The van der Waals surface area contributed by atoms with E-state index in [-0.39, 0.29) is 37.1 Å². The number of halogens is 1. The van der Waals surface area contributed by atoms with Crippen LogP contribution in [0, 0.1) is 12.7 Å². The number of amides is 2. The van der Waals surface area contributed by atoms with Crippen molar-refractivity contribution in [2.45, 2.75) is 39.3 Å². The zero-order valence-electron chi connectivity index (χ0n) is 20.5. The molecular formula is C26H31FN4O4. The summed E-state index contributed by atoms with van der Waals surface area (Å²) in [6, 6.07) is 13.8. The number of nitrogens with one attached hydrogen (secondary N) is 1. The molecule has 0 spiro atoms. The van der Waals surface area contributed by atoms with E-state index >= 15 is 0 Å². The summed E-state index contributed by atoms with van der Waals surface area (Å²) in [5.41, 5.74) is 1.05. The number of hydrogen-bond acceptors (Lipinski definition) is 5. The van der Waals surface area contributed by atoms with Gasteiger partial charge in [0.05, 0.1) is 30.5 Å². The summed E-state index contributed by atoms with van der Waals surface area (Å²) in [6.45, 7) is 6.23. The second-order valence-electron chi connectivity index (χ2n) is 8.87. The van der Waals surface area contributed by atoms with Crippen molar-refractivity contribution in [3.05, 3.63) is 72.3 Å².